The maximum atomic E-state index is 5.90. The van der Waals surface area contributed by atoms with E-state index in [1.165, 1.54) is 12.8 Å². The van der Waals surface area contributed by atoms with Gasteiger partial charge in [-0.1, -0.05) is 13.3 Å². The van der Waals surface area contributed by atoms with Gasteiger partial charge < -0.3 is 11.1 Å². The highest BCUT2D eigenvalue weighted by molar-refractivity contribution is 4.79. The predicted octanol–water partition coefficient (Wildman–Crippen LogP) is 2.28. The van der Waals surface area contributed by atoms with Crippen molar-refractivity contribution in [2.24, 2.45) is 5.73 Å². The number of nitrogens with one attached hydrogen (secondary N) is 1. The molecular weight excluding hydrogens is 160 g/mol. The average Bonchev–Trinajstić information content (AvgIpc) is 1.82. The zero-order valence-electron chi connectivity index (χ0n) is 9.91. The predicted molar refractivity (Wildman–Crippen MR) is 59.9 cm³/mol. The standard InChI is InChI=1S/C11H26N2/c1-6-7-11(4,5)13-9-8-10(2,3)12/h13H,6-9,12H2,1-5H3. The van der Waals surface area contributed by atoms with E-state index in [9.17, 15) is 0 Å². The van der Waals surface area contributed by atoms with E-state index in [4.69, 9.17) is 5.73 Å². The molecule has 0 aliphatic carbocycles. The molecule has 0 saturated heterocycles. The van der Waals surface area contributed by atoms with Gasteiger partial charge in [0.15, 0.2) is 0 Å². The van der Waals surface area contributed by atoms with Crippen molar-refractivity contribution in [3.8, 4) is 0 Å². The van der Waals surface area contributed by atoms with Gasteiger partial charge in [-0.15, -0.1) is 0 Å². The maximum absolute atomic E-state index is 5.90. The number of nitrogens with two attached hydrogens (primary N) is 1. The molecule has 0 fully saturated rings. The Hall–Kier alpha value is -0.0800. The van der Waals surface area contributed by atoms with E-state index in [0.717, 1.165) is 13.0 Å². The fraction of sp³-hybridized carbons (Fsp3) is 1.00. The second-order valence-corrected chi connectivity index (χ2v) is 5.30. The smallest absolute Gasteiger partial charge is 0.0125 e. The highest BCUT2D eigenvalue weighted by atomic mass is 15.0. The summed E-state index contributed by atoms with van der Waals surface area (Å²) >= 11 is 0. The van der Waals surface area contributed by atoms with Crippen LogP contribution in [0.4, 0.5) is 0 Å². The first kappa shape index (κ1) is 12.9. The van der Waals surface area contributed by atoms with Crippen LogP contribution in [0.1, 0.15) is 53.9 Å². The lowest BCUT2D eigenvalue weighted by Gasteiger charge is -2.28. The largest absolute Gasteiger partial charge is 0.326 e. The topological polar surface area (TPSA) is 38.0 Å². The summed E-state index contributed by atoms with van der Waals surface area (Å²) in [5.41, 5.74) is 6.12. The first-order chi connectivity index (χ1) is 5.77. The van der Waals surface area contributed by atoms with Crippen molar-refractivity contribution >= 4 is 0 Å². The second-order valence-electron chi connectivity index (χ2n) is 5.30. The molecule has 0 saturated carbocycles. The fourth-order valence-corrected chi connectivity index (χ4v) is 1.44. The first-order valence-corrected chi connectivity index (χ1v) is 5.31. The van der Waals surface area contributed by atoms with Gasteiger partial charge in [0.2, 0.25) is 0 Å². The summed E-state index contributed by atoms with van der Waals surface area (Å²) in [6.45, 7) is 11.9. The van der Waals surface area contributed by atoms with E-state index in [1.54, 1.807) is 0 Å². The number of rotatable bonds is 6. The summed E-state index contributed by atoms with van der Waals surface area (Å²) < 4.78 is 0. The van der Waals surface area contributed by atoms with Crippen molar-refractivity contribution in [1.82, 2.24) is 5.32 Å². The molecule has 13 heavy (non-hydrogen) atoms. The molecule has 2 nitrogen and oxygen atoms in total. The van der Waals surface area contributed by atoms with Crippen LogP contribution in [0.5, 0.6) is 0 Å². The molecule has 2 heteroatoms. The summed E-state index contributed by atoms with van der Waals surface area (Å²) in [7, 11) is 0. The molecule has 0 spiro atoms. The molecule has 0 rings (SSSR count). The summed E-state index contributed by atoms with van der Waals surface area (Å²) in [6.07, 6.45) is 3.48. The van der Waals surface area contributed by atoms with Gasteiger partial charge >= 0.3 is 0 Å². The zero-order chi connectivity index (χ0) is 10.5. The highest BCUT2D eigenvalue weighted by Gasteiger charge is 2.17. The Bertz CT molecular complexity index is 134. The molecule has 0 aromatic carbocycles. The van der Waals surface area contributed by atoms with Crippen LogP contribution in [-0.2, 0) is 0 Å². The molecule has 0 heterocycles. The van der Waals surface area contributed by atoms with Crippen LogP contribution in [0.25, 0.3) is 0 Å². The Morgan fingerprint density at radius 1 is 1.08 bits per heavy atom. The van der Waals surface area contributed by atoms with Gasteiger partial charge in [0.1, 0.15) is 0 Å². The van der Waals surface area contributed by atoms with Crippen LogP contribution in [0.15, 0.2) is 0 Å². The van der Waals surface area contributed by atoms with Gasteiger partial charge in [0, 0.05) is 11.1 Å². The molecule has 0 bridgehead atoms. The summed E-state index contributed by atoms with van der Waals surface area (Å²) in [5.74, 6) is 0. The van der Waals surface area contributed by atoms with Crippen molar-refractivity contribution in [2.45, 2.75) is 65.0 Å². The lowest BCUT2D eigenvalue weighted by Crippen LogP contribution is -2.43. The molecule has 0 aromatic heterocycles. The van der Waals surface area contributed by atoms with Gasteiger partial charge in [-0.3, -0.25) is 0 Å². The molecule has 0 amide bonds. The summed E-state index contributed by atoms with van der Waals surface area (Å²) in [5, 5.41) is 3.54. The van der Waals surface area contributed by atoms with Gasteiger partial charge in [-0.25, -0.2) is 0 Å². The van der Waals surface area contributed by atoms with Crippen molar-refractivity contribution in [1.29, 1.82) is 0 Å². The van der Waals surface area contributed by atoms with E-state index in [2.05, 4.69) is 39.9 Å². The van der Waals surface area contributed by atoms with Crippen LogP contribution in [0.3, 0.4) is 0 Å². The third-order valence-corrected chi connectivity index (χ3v) is 2.25. The molecule has 0 aliphatic rings. The van der Waals surface area contributed by atoms with Crippen LogP contribution >= 0.6 is 0 Å². The van der Waals surface area contributed by atoms with Crippen LogP contribution in [0.2, 0.25) is 0 Å². The van der Waals surface area contributed by atoms with Crippen molar-refractivity contribution in [3.05, 3.63) is 0 Å². The van der Waals surface area contributed by atoms with E-state index < -0.39 is 0 Å². The van der Waals surface area contributed by atoms with Gasteiger partial charge in [0.05, 0.1) is 0 Å². The third kappa shape index (κ3) is 8.26. The molecule has 3 N–H and O–H groups in total. The molecule has 0 aliphatic heterocycles. The minimum Gasteiger partial charge on any atom is -0.326 e. The first-order valence-electron chi connectivity index (χ1n) is 5.31. The molecule has 0 radical (unpaired) electrons. The Labute approximate surface area is 83.3 Å². The van der Waals surface area contributed by atoms with E-state index >= 15 is 0 Å². The van der Waals surface area contributed by atoms with Gasteiger partial charge in [-0.2, -0.15) is 0 Å². The monoisotopic (exact) mass is 186 g/mol. The number of hydrogen-bond donors (Lipinski definition) is 2. The van der Waals surface area contributed by atoms with Crippen molar-refractivity contribution in [3.63, 3.8) is 0 Å². The molecular formula is C11H26N2. The normalized spacial score (nSPS) is 13.4. The van der Waals surface area contributed by atoms with Crippen molar-refractivity contribution in [2.75, 3.05) is 6.54 Å². The summed E-state index contributed by atoms with van der Waals surface area (Å²) in [4.78, 5) is 0. The van der Waals surface area contributed by atoms with E-state index in [1.807, 2.05) is 0 Å². The fourth-order valence-electron chi connectivity index (χ4n) is 1.44. The Morgan fingerprint density at radius 2 is 1.62 bits per heavy atom. The SMILES string of the molecule is CCCC(C)(C)NCCC(C)(C)N. The number of hydrogen-bond acceptors (Lipinski definition) is 2. The quantitative estimate of drug-likeness (QED) is 0.668. The van der Waals surface area contributed by atoms with Crippen molar-refractivity contribution < 1.29 is 0 Å². The molecule has 0 aromatic rings. The molecule has 80 valence electrons. The minimum absolute atomic E-state index is 0.0463. The van der Waals surface area contributed by atoms with Gasteiger partial charge in [-0.05, 0) is 47.1 Å². The second kappa shape index (κ2) is 4.97. The van der Waals surface area contributed by atoms with Crippen LogP contribution in [0, 0.1) is 0 Å². The maximum Gasteiger partial charge on any atom is 0.0125 e. The third-order valence-electron chi connectivity index (χ3n) is 2.25. The highest BCUT2D eigenvalue weighted by Crippen LogP contribution is 2.11. The average molecular weight is 186 g/mol. The summed E-state index contributed by atoms with van der Waals surface area (Å²) in [6, 6.07) is 0. The minimum atomic E-state index is -0.0463. The van der Waals surface area contributed by atoms with E-state index in [0.29, 0.717) is 0 Å². The van der Waals surface area contributed by atoms with E-state index in [-0.39, 0.29) is 11.1 Å². The van der Waals surface area contributed by atoms with Gasteiger partial charge in [0.25, 0.3) is 0 Å². The Balaban J connectivity index is 3.63. The molecule has 0 unspecified atom stereocenters. The zero-order valence-corrected chi connectivity index (χ0v) is 9.91. The van der Waals surface area contributed by atoms with Crippen LogP contribution < -0.4 is 11.1 Å². The lowest BCUT2D eigenvalue weighted by atomic mass is 9.97. The Morgan fingerprint density at radius 3 is 2.00 bits per heavy atom. The molecule has 0 atom stereocenters. The Kier molecular flexibility index (Phi) is 4.93. The lowest BCUT2D eigenvalue weighted by molar-refractivity contribution is 0.336. The van der Waals surface area contributed by atoms with Crippen LogP contribution in [-0.4, -0.2) is 17.6 Å².